The molecule has 62 valence electrons. The summed E-state index contributed by atoms with van der Waals surface area (Å²) in [6.45, 7) is 0. The van der Waals surface area contributed by atoms with Crippen molar-refractivity contribution < 1.29 is 95.3 Å². The molecule has 0 amide bonds. The molecule has 0 aromatic heterocycles. The molecule has 0 radical (unpaired) electrons. The summed E-state index contributed by atoms with van der Waals surface area (Å²) in [5.41, 5.74) is 0. The van der Waals surface area contributed by atoms with Crippen molar-refractivity contribution in [3.63, 3.8) is 0 Å². The van der Waals surface area contributed by atoms with Crippen LogP contribution in [0.4, 0.5) is 0 Å². The van der Waals surface area contributed by atoms with Crippen molar-refractivity contribution in [2.45, 2.75) is 0 Å². The Hall–Kier alpha value is 2.36. The summed E-state index contributed by atoms with van der Waals surface area (Å²) in [6, 6.07) is 0. The Labute approximate surface area is 93.6 Å². The van der Waals surface area contributed by atoms with Gasteiger partial charge in [-0.1, -0.05) is 0 Å². The third kappa shape index (κ3) is 60.7. The molecule has 7 heavy (non-hydrogen) atoms. The van der Waals surface area contributed by atoms with E-state index in [1.807, 2.05) is 0 Å². The summed E-state index contributed by atoms with van der Waals surface area (Å²) >= 11 is 5.10. The first-order chi connectivity index (χ1) is 3.00. The van der Waals surface area contributed by atoms with Gasteiger partial charge in [0.25, 0.3) is 0 Å². The average molecular weight is 479 g/mol. The van der Waals surface area contributed by atoms with Gasteiger partial charge in [-0.2, -0.15) is 0 Å². The van der Waals surface area contributed by atoms with Crippen molar-refractivity contribution >= 4 is 0 Å². The minimum atomic E-state index is 0. The molecule has 0 aromatic rings. The van der Waals surface area contributed by atoms with Gasteiger partial charge in [0.05, 0.1) is 0 Å². The van der Waals surface area contributed by atoms with E-state index in [1.54, 1.807) is 63.1 Å². The van der Waals surface area contributed by atoms with E-state index in [1.165, 1.54) is 0 Å². The molecule has 3 nitrogen and oxygen atoms in total. The molecule has 0 heterocycles. The fourth-order valence-electron chi connectivity index (χ4n) is 0. The maximum absolute atomic E-state index is 8.06. The summed E-state index contributed by atoms with van der Waals surface area (Å²) in [6.07, 6.45) is 0. The molecule has 7 heteroatoms. The van der Waals surface area contributed by atoms with Crippen LogP contribution in [0, 0.1) is 0 Å². The van der Waals surface area contributed by atoms with Crippen molar-refractivity contribution in [2.24, 2.45) is 0 Å². The fourth-order valence-corrected chi connectivity index (χ4v) is 0. The second-order valence-corrected chi connectivity index (χ2v) is 0. The Morgan fingerprint density at radius 3 is 0.571 bits per heavy atom. The molecule has 0 aliphatic heterocycles. The van der Waals surface area contributed by atoms with Crippen molar-refractivity contribution in [2.75, 3.05) is 0 Å². The zero-order valence-electron chi connectivity index (χ0n) is 2.43. The van der Waals surface area contributed by atoms with Crippen LogP contribution in [0.25, 0.3) is 0 Å². The Morgan fingerprint density at radius 2 is 0.571 bits per heavy atom. The molecule has 0 saturated heterocycles. The first kappa shape index (κ1) is 22.8. The average Bonchev–Trinajstić information content (AvgIpc) is 1.81. The van der Waals surface area contributed by atoms with Gasteiger partial charge >= 0.3 is 95.3 Å². The van der Waals surface area contributed by atoms with Gasteiger partial charge in [-0.3, -0.25) is 0 Å². The molecule has 0 spiro atoms. The van der Waals surface area contributed by atoms with Gasteiger partial charge in [-0.15, -0.1) is 0 Å². The Kier molecular flexibility index (Phi) is 264. The van der Waals surface area contributed by atoms with Crippen LogP contribution in [0.2, 0.25) is 0 Å². The molecule has 0 N–H and O–H groups in total. The number of rotatable bonds is 0. The monoisotopic (exact) mass is 476 g/mol. The molecule has 0 bridgehead atoms. The molecular weight excluding hydrogens is 479 g/mol. The summed E-state index contributed by atoms with van der Waals surface area (Å²) in [4.78, 5) is 0. The zero-order chi connectivity index (χ0) is 6.00. The standard InChI is InChI=1S/4Ag.3O/q3*-1;+3;;;. The van der Waals surface area contributed by atoms with E-state index >= 15 is 0 Å². The molecule has 0 aromatic carbocycles. The van der Waals surface area contributed by atoms with Crippen LogP contribution in [-0.4, -0.2) is 0 Å². The van der Waals surface area contributed by atoms with E-state index in [4.69, 9.17) is 9.75 Å². The van der Waals surface area contributed by atoms with E-state index in [0.29, 0.717) is 0 Å². The van der Waals surface area contributed by atoms with Gasteiger partial charge in [-0.25, -0.2) is 0 Å². The van der Waals surface area contributed by atoms with Crippen LogP contribution < -0.4 is 0 Å². The van der Waals surface area contributed by atoms with E-state index < -0.39 is 0 Å². The summed E-state index contributed by atoms with van der Waals surface area (Å²) in [7, 11) is 0. The molecule has 0 aliphatic rings. The third-order valence-electron chi connectivity index (χ3n) is 0. The Balaban J connectivity index is -0.00000000900. The number of hydrogen-bond donors (Lipinski definition) is 0. The van der Waals surface area contributed by atoms with Crippen molar-refractivity contribution in [1.29, 1.82) is 0 Å². The summed E-state index contributed by atoms with van der Waals surface area (Å²) < 4.78 is 24.2. The topological polar surface area (TPSA) is 51.2 Å². The van der Waals surface area contributed by atoms with Gasteiger partial charge in [-0.05, 0) is 0 Å². The SMILES string of the molecule is [Ag+3].[O]=[Ag-].[O]=[Ag-].[O]=[Ag-]. The predicted octanol–water partition coefficient (Wildman–Crippen LogP) is -0.366. The predicted molar refractivity (Wildman–Crippen MR) is 2.06 cm³/mol. The van der Waals surface area contributed by atoms with Gasteiger partial charge < -0.3 is 0 Å². The second kappa shape index (κ2) is 81.3. The molecular formula is Ag4O3. The van der Waals surface area contributed by atoms with Crippen LogP contribution >= 0.6 is 0 Å². The van der Waals surface area contributed by atoms with E-state index in [2.05, 4.69) is 0 Å². The molecule has 0 rings (SSSR count). The zero-order valence-corrected chi connectivity index (χ0v) is 8.36. The second-order valence-electron chi connectivity index (χ2n) is 0. The van der Waals surface area contributed by atoms with Crippen LogP contribution in [-0.2, 0) is 95.3 Å². The van der Waals surface area contributed by atoms with Gasteiger partial charge in [0, 0.05) is 0 Å². The van der Waals surface area contributed by atoms with Crippen LogP contribution in [0.3, 0.4) is 0 Å². The molecule has 0 saturated carbocycles. The van der Waals surface area contributed by atoms with E-state index in [9.17, 15) is 0 Å². The summed E-state index contributed by atoms with van der Waals surface area (Å²) in [5, 5.41) is 0. The molecule has 0 aliphatic carbocycles. The summed E-state index contributed by atoms with van der Waals surface area (Å²) in [5.74, 6) is 0. The minimum absolute atomic E-state index is 0. The molecule has 0 fully saturated rings. The first-order valence-corrected chi connectivity index (χ1v) is 2.18. The Morgan fingerprint density at radius 1 is 0.571 bits per heavy atom. The third-order valence-corrected chi connectivity index (χ3v) is 0. The maximum atomic E-state index is 8.06. The number of hydrogen-bond acceptors (Lipinski definition) is 3. The molecule has 0 atom stereocenters. The van der Waals surface area contributed by atoms with Crippen LogP contribution in [0.5, 0.6) is 0 Å². The molecule has 0 unspecified atom stereocenters. The van der Waals surface area contributed by atoms with E-state index in [0.717, 1.165) is 0 Å². The normalized spacial score (nSPS) is 2.57. The van der Waals surface area contributed by atoms with Crippen LogP contribution in [0.1, 0.15) is 0 Å². The first-order valence-electron chi connectivity index (χ1n) is 0.369. The quantitative estimate of drug-likeness (QED) is 0.446. The van der Waals surface area contributed by atoms with Gasteiger partial charge in [0.2, 0.25) is 0 Å². The van der Waals surface area contributed by atoms with Crippen molar-refractivity contribution in [3.8, 4) is 0 Å². The van der Waals surface area contributed by atoms with Crippen molar-refractivity contribution in [3.05, 3.63) is 0 Å². The van der Waals surface area contributed by atoms with Gasteiger partial charge in [0.1, 0.15) is 0 Å². The van der Waals surface area contributed by atoms with E-state index in [-0.39, 0.29) is 22.4 Å². The van der Waals surface area contributed by atoms with Crippen LogP contribution in [0.15, 0.2) is 0 Å². The van der Waals surface area contributed by atoms with Crippen molar-refractivity contribution in [1.82, 2.24) is 0 Å². The Bertz CT molecular complexity index is 11.7. The van der Waals surface area contributed by atoms with Gasteiger partial charge in [0.15, 0.2) is 0 Å². The fraction of sp³-hybridized carbons (Fsp3) is 0.